The zero-order valence-corrected chi connectivity index (χ0v) is 8.53. The summed E-state index contributed by atoms with van der Waals surface area (Å²) < 4.78 is 5.29. The summed E-state index contributed by atoms with van der Waals surface area (Å²) in [4.78, 5) is 3.93. The minimum atomic E-state index is -0.790. The van der Waals surface area contributed by atoms with Crippen molar-refractivity contribution in [3.63, 3.8) is 0 Å². The molecule has 0 spiro atoms. The van der Waals surface area contributed by atoms with Gasteiger partial charge in [0, 0.05) is 6.20 Å². The van der Waals surface area contributed by atoms with Crippen LogP contribution in [0.2, 0.25) is 0 Å². The summed E-state index contributed by atoms with van der Waals surface area (Å²) in [5.74, 6) is 0.497. The molecule has 14 heavy (non-hydrogen) atoms. The predicted molar refractivity (Wildman–Crippen MR) is 54.6 cm³/mol. The molecule has 1 heterocycles. The number of rotatable bonds is 4. The average molecular weight is 196 g/mol. The zero-order chi connectivity index (χ0) is 10.6. The first kappa shape index (κ1) is 10.9. The second kappa shape index (κ2) is 4.39. The highest BCUT2D eigenvalue weighted by Gasteiger charge is 2.11. The molecule has 0 aliphatic heterocycles. The standard InChI is InChI=1S/C10H16N2O2/c1-10(2,13)7-14-6-8-3-4-9(11)12-5-8/h3-5,13H,6-7H2,1-2H3,(H2,11,12). The molecule has 0 atom stereocenters. The monoisotopic (exact) mass is 196 g/mol. The molecule has 0 aromatic carbocycles. The van der Waals surface area contributed by atoms with Crippen molar-refractivity contribution in [2.75, 3.05) is 12.3 Å². The van der Waals surface area contributed by atoms with E-state index in [-0.39, 0.29) is 0 Å². The van der Waals surface area contributed by atoms with Crippen molar-refractivity contribution >= 4 is 5.82 Å². The number of nitrogen functional groups attached to an aromatic ring is 1. The van der Waals surface area contributed by atoms with Crippen LogP contribution in [0.1, 0.15) is 19.4 Å². The normalized spacial score (nSPS) is 11.6. The molecule has 78 valence electrons. The summed E-state index contributed by atoms with van der Waals surface area (Å²) in [6.07, 6.45) is 1.67. The number of aromatic nitrogens is 1. The molecule has 0 radical (unpaired) electrons. The Morgan fingerprint density at radius 1 is 1.50 bits per heavy atom. The fourth-order valence-electron chi connectivity index (χ4n) is 0.940. The Morgan fingerprint density at radius 2 is 2.21 bits per heavy atom. The van der Waals surface area contributed by atoms with E-state index in [2.05, 4.69) is 4.98 Å². The van der Waals surface area contributed by atoms with E-state index in [9.17, 15) is 5.11 Å². The van der Waals surface area contributed by atoms with E-state index in [1.807, 2.05) is 6.07 Å². The average Bonchev–Trinajstić information content (AvgIpc) is 2.06. The SMILES string of the molecule is CC(C)(O)COCc1ccc(N)nc1. The maximum Gasteiger partial charge on any atom is 0.123 e. The van der Waals surface area contributed by atoms with Gasteiger partial charge in [-0.25, -0.2) is 4.98 Å². The molecule has 0 aliphatic carbocycles. The quantitative estimate of drug-likeness (QED) is 0.752. The number of ether oxygens (including phenoxy) is 1. The number of pyridine rings is 1. The molecule has 1 rings (SSSR count). The molecular formula is C10H16N2O2. The van der Waals surface area contributed by atoms with Crippen LogP contribution in [-0.4, -0.2) is 22.3 Å². The molecule has 1 aromatic heterocycles. The van der Waals surface area contributed by atoms with Crippen LogP contribution >= 0.6 is 0 Å². The van der Waals surface area contributed by atoms with E-state index >= 15 is 0 Å². The molecule has 0 amide bonds. The van der Waals surface area contributed by atoms with Crippen molar-refractivity contribution in [1.29, 1.82) is 0 Å². The van der Waals surface area contributed by atoms with E-state index in [1.54, 1.807) is 26.1 Å². The Hall–Kier alpha value is -1.13. The highest BCUT2D eigenvalue weighted by molar-refractivity contribution is 5.28. The first-order chi connectivity index (χ1) is 6.47. The van der Waals surface area contributed by atoms with Gasteiger partial charge in [-0.05, 0) is 25.5 Å². The lowest BCUT2D eigenvalue weighted by atomic mass is 10.2. The largest absolute Gasteiger partial charge is 0.388 e. The van der Waals surface area contributed by atoms with Gasteiger partial charge in [-0.1, -0.05) is 6.07 Å². The Labute approximate surface area is 83.7 Å². The van der Waals surface area contributed by atoms with Crippen LogP contribution in [-0.2, 0) is 11.3 Å². The van der Waals surface area contributed by atoms with Crippen molar-refractivity contribution in [1.82, 2.24) is 4.98 Å². The molecule has 4 heteroatoms. The van der Waals surface area contributed by atoms with Gasteiger partial charge in [0.2, 0.25) is 0 Å². The van der Waals surface area contributed by atoms with Crippen LogP contribution in [0.4, 0.5) is 5.82 Å². The van der Waals surface area contributed by atoms with Crippen LogP contribution < -0.4 is 5.73 Å². The molecule has 0 fully saturated rings. The summed E-state index contributed by atoms with van der Waals surface area (Å²) in [5, 5.41) is 9.38. The van der Waals surface area contributed by atoms with Crippen molar-refractivity contribution in [2.45, 2.75) is 26.1 Å². The Bertz CT molecular complexity index is 277. The third-order valence-electron chi connectivity index (χ3n) is 1.57. The molecule has 0 aliphatic rings. The Balaban J connectivity index is 2.35. The molecule has 4 nitrogen and oxygen atoms in total. The number of aliphatic hydroxyl groups is 1. The maximum atomic E-state index is 9.38. The van der Waals surface area contributed by atoms with Gasteiger partial charge in [0.25, 0.3) is 0 Å². The van der Waals surface area contributed by atoms with E-state index in [4.69, 9.17) is 10.5 Å². The van der Waals surface area contributed by atoms with Crippen LogP contribution in [0.15, 0.2) is 18.3 Å². The third kappa shape index (κ3) is 4.20. The number of hydrogen-bond donors (Lipinski definition) is 2. The lowest BCUT2D eigenvalue weighted by molar-refractivity contribution is -0.0269. The minimum Gasteiger partial charge on any atom is -0.388 e. The smallest absolute Gasteiger partial charge is 0.123 e. The number of nitrogens with two attached hydrogens (primary N) is 1. The van der Waals surface area contributed by atoms with Gasteiger partial charge in [0.1, 0.15) is 5.82 Å². The van der Waals surface area contributed by atoms with Crippen LogP contribution in [0.3, 0.4) is 0 Å². The predicted octanol–water partition coefficient (Wildman–Crippen LogP) is 0.951. The molecule has 0 unspecified atom stereocenters. The van der Waals surface area contributed by atoms with Crippen molar-refractivity contribution < 1.29 is 9.84 Å². The number of nitrogens with zero attached hydrogens (tertiary/aromatic N) is 1. The highest BCUT2D eigenvalue weighted by Crippen LogP contribution is 2.06. The van der Waals surface area contributed by atoms with Gasteiger partial charge >= 0.3 is 0 Å². The van der Waals surface area contributed by atoms with Crippen LogP contribution in [0.5, 0.6) is 0 Å². The molecule has 0 saturated carbocycles. The van der Waals surface area contributed by atoms with Crippen molar-refractivity contribution in [3.05, 3.63) is 23.9 Å². The summed E-state index contributed by atoms with van der Waals surface area (Å²) in [7, 11) is 0. The lowest BCUT2D eigenvalue weighted by Gasteiger charge is -2.16. The Kier molecular flexibility index (Phi) is 3.43. The molecule has 0 bridgehead atoms. The minimum absolute atomic E-state index is 0.303. The molecule has 3 N–H and O–H groups in total. The number of anilines is 1. The zero-order valence-electron chi connectivity index (χ0n) is 8.53. The summed E-state index contributed by atoms with van der Waals surface area (Å²) in [5.41, 5.74) is 5.59. The van der Waals surface area contributed by atoms with E-state index in [0.29, 0.717) is 19.0 Å². The maximum absolute atomic E-state index is 9.38. The van der Waals surface area contributed by atoms with Gasteiger partial charge in [-0.2, -0.15) is 0 Å². The summed E-state index contributed by atoms with van der Waals surface area (Å²) in [6.45, 7) is 4.15. The van der Waals surface area contributed by atoms with Gasteiger partial charge < -0.3 is 15.6 Å². The second-order valence-electron chi connectivity index (χ2n) is 3.90. The molecule has 0 saturated heterocycles. The van der Waals surface area contributed by atoms with Gasteiger partial charge in [0.15, 0.2) is 0 Å². The van der Waals surface area contributed by atoms with E-state index < -0.39 is 5.60 Å². The van der Waals surface area contributed by atoms with E-state index in [0.717, 1.165) is 5.56 Å². The topological polar surface area (TPSA) is 68.4 Å². The summed E-state index contributed by atoms with van der Waals surface area (Å²) >= 11 is 0. The molecular weight excluding hydrogens is 180 g/mol. The van der Waals surface area contributed by atoms with Gasteiger partial charge in [-0.3, -0.25) is 0 Å². The van der Waals surface area contributed by atoms with Gasteiger partial charge in [-0.15, -0.1) is 0 Å². The summed E-state index contributed by atoms with van der Waals surface area (Å²) in [6, 6.07) is 3.58. The van der Waals surface area contributed by atoms with Crippen LogP contribution in [0.25, 0.3) is 0 Å². The first-order valence-electron chi connectivity index (χ1n) is 4.48. The first-order valence-corrected chi connectivity index (χ1v) is 4.48. The lowest BCUT2D eigenvalue weighted by Crippen LogP contribution is -2.25. The number of hydrogen-bond acceptors (Lipinski definition) is 4. The van der Waals surface area contributed by atoms with Crippen LogP contribution in [0, 0.1) is 0 Å². The van der Waals surface area contributed by atoms with Gasteiger partial charge in [0.05, 0.1) is 18.8 Å². The van der Waals surface area contributed by atoms with Crippen molar-refractivity contribution in [3.8, 4) is 0 Å². The highest BCUT2D eigenvalue weighted by atomic mass is 16.5. The van der Waals surface area contributed by atoms with Crippen molar-refractivity contribution in [2.24, 2.45) is 0 Å². The Morgan fingerprint density at radius 3 is 2.71 bits per heavy atom. The fourth-order valence-corrected chi connectivity index (χ4v) is 0.940. The molecule has 1 aromatic rings. The second-order valence-corrected chi connectivity index (χ2v) is 3.90. The third-order valence-corrected chi connectivity index (χ3v) is 1.57. The fraction of sp³-hybridized carbons (Fsp3) is 0.500. The van der Waals surface area contributed by atoms with E-state index in [1.165, 1.54) is 0 Å².